The topological polar surface area (TPSA) is 55.0 Å². The van der Waals surface area contributed by atoms with Crippen LogP contribution < -0.4 is 5.73 Å². The maximum absolute atomic E-state index is 14.1. The van der Waals surface area contributed by atoms with Crippen molar-refractivity contribution in [3.63, 3.8) is 0 Å². The Morgan fingerprint density at radius 3 is 2.60 bits per heavy atom. The highest BCUT2D eigenvalue weighted by Gasteiger charge is 2.36. The second-order valence-corrected chi connectivity index (χ2v) is 6.92. The Kier molecular flexibility index (Phi) is 4.21. The molecule has 1 aliphatic carbocycles. The van der Waals surface area contributed by atoms with Crippen LogP contribution in [0.1, 0.15) is 42.0 Å². The molecule has 0 amide bonds. The molecule has 1 saturated carbocycles. The summed E-state index contributed by atoms with van der Waals surface area (Å²) in [6, 6.07) is 1.54. The van der Waals surface area contributed by atoms with Crippen molar-refractivity contribution in [3.05, 3.63) is 58.9 Å². The van der Waals surface area contributed by atoms with E-state index >= 15 is 0 Å². The number of halogens is 3. The Labute approximate surface area is 143 Å². The van der Waals surface area contributed by atoms with Crippen LogP contribution in [0.3, 0.4) is 0 Å². The van der Waals surface area contributed by atoms with Crippen LogP contribution in [-0.2, 0) is 13.1 Å². The van der Waals surface area contributed by atoms with Gasteiger partial charge in [0.15, 0.2) is 11.6 Å². The Bertz CT molecular complexity index is 773. The first-order valence-electron chi connectivity index (χ1n) is 8.44. The van der Waals surface area contributed by atoms with Crippen LogP contribution in [0.5, 0.6) is 0 Å². The largest absolute Gasteiger partial charge is 0.327 e. The maximum atomic E-state index is 14.1. The number of rotatable bonds is 2. The fraction of sp³-hybridized carbons (Fsp3) is 0.444. The molecule has 2 N–H and O–H groups in total. The Balaban J connectivity index is 1.47. The van der Waals surface area contributed by atoms with Gasteiger partial charge in [0.05, 0.1) is 5.69 Å². The maximum Gasteiger partial charge on any atom is 0.161 e. The normalized spacial score (nSPS) is 26.6. The summed E-state index contributed by atoms with van der Waals surface area (Å²) in [4.78, 5) is 10.7. The van der Waals surface area contributed by atoms with Gasteiger partial charge in [-0.3, -0.25) is 4.90 Å². The highest BCUT2D eigenvalue weighted by atomic mass is 19.2. The van der Waals surface area contributed by atoms with Crippen LogP contribution >= 0.6 is 0 Å². The second-order valence-electron chi connectivity index (χ2n) is 6.92. The summed E-state index contributed by atoms with van der Waals surface area (Å²) >= 11 is 0. The van der Waals surface area contributed by atoms with Crippen molar-refractivity contribution in [2.24, 2.45) is 5.73 Å². The third kappa shape index (κ3) is 3.02. The van der Waals surface area contributed by atoms with Crippen molar-refractivity contribution in [2.45, 2.75) is 50.4 Å². The van der Waals surface area contributed by atoms with Gasteiger partial charge < -0.3 is 5.73 Å². The number of nitrogens with two attached hydrogens (primary N) is 1. The number of nitrogens with zero attached hydrogens (tertiary/aromatic N) is 3. The molecule has 1 aliphatic heterocycles. The molecule has 0 bridgehead atoms. The average molecular weight is 348 g/mol. The zero-order valence-corrected chi connectivity index (χ0v) is 13.6. The molecule has 25 heavy (non-hydrogen) atoms. The third-order valence-electron chi connectivity index (χ3n) is 5.44. The highest BCUT2D eigenvalue weighted by molar-refractivity contribution is 5.27. The van der Waals surface area contributed by atoms with E-state index in [1.165, 1.54) is 0 Å². The molecule has 2 heterocycles. The number of hydrogen-bond acceptors (Lipinski definition) is 4. The second kappa shape index (κ2) is 6.38. The summed E-state index contributed by atoms with van der Waals surface area (Å²) in [7, 11) is 0. The van der Waals surface area contributed by atoms with E-state index in [4.69, 9.17) is 5.73 Å². The quantitative estimate of drug-likeness (QED) is 0.848. The number of hydrogen-bond donors (Lipinski definition) is 1. The van der Waals surface area contributed by atoms with Gasteiger partial charge in [-0.05, 0) is 30.9 Å². The van der Waals surface area contributed by atoms with Crippen molar-refractivity contribution >= 4 is 0 Å². The summed E-state index contributed by atoms with van der Waals surface area (Å²) in [5, 5.41) is 0. The molecule has 3 atom stereocenters. The predicted octanol–water partition coefficient (Wildman–Crippen LogP) is 2.87. The van der Waals surface area contributed by atoms with E-state index in [1.54, 1.807) is 6.33 Å². The van der Waals surface area contributed by atoms with Crippen LogP contribution in [0, 0.1) is 17.5 Å². The summed E-state index contributed by atoms with van der Waals surface area (Å²) in [6.45, 7) is 1.55. The lowest BCUT2D eigenvalue weighted by Gasteiger charge is -2.38. The lowest BCUT2D eigenvalue weighted by Crippen LogP contribution is -2.44. The molecular weight excluding hydrogens is 329 g/mol. The average Bonchev–Trinajstić information content (AvgIpc) is 3.02. The molecule has 0 saturated heterocycles. The molecule has 4 rings (SSSR count). The van der Waals surface area contributed by atoms with Gasteiger partial charge in [0.25, 0.3) is 0 Å². The Hall–Kier alpha value is -1.99. The lowest BCUT2D eigenvalue weighted by molar-refractivity contribution is 0.137. The van der Waals surface area contributed by atoms with Gasteiger partial charge in [-0.25, -0.2) is 23.1 Å². The summed E-state index contributed by atoms with van der Waals surface area (Å²) in [5.74, 6) is -3.21. The van der Waals surface area contributed by atoms with Crippen LogP contribution in [-0.4, -0.2) is 27.0 Å². The zero-order chi connectivity index (χ0) is 17.6. The molecule has 132 valence electrons. The van der Waals surface area contributed by atoms with Gasteiger partial charge in [-0.1, -0.05) is 0 Å². The van der Waals surface area contributed by atoms with Crippen LogP contribution in [0.2, 0.25) is 0 Å². The fourth-order valence-corrected chi connectivity index (χ4v) is 4.11. The number of fused-ring (bicyclic) bond motifs is 1. The number of benzene rings is 1. The minimum absolute atomic E-state index is 0.181. The monoisotopic (exact) mass is 348 g/mol. The zero-order valence-electron chi connectivity index (χ0n) is 13.6. The smallest absolute Gasteiger partial charge is 0.161 e. The van der Waals surface area contributed by atoms with Gasteiger partial charge in [0, 0.05) is 48.9 Å². The number of aromatic nitrogens is 2. The van der Waals surface area contributed by atoms with E-state index in [-0.39, 0.29) is 23.6 Å². The summed E-state index contributed by atoms with van der Waals surface area (Å²) in [6.07, 6.45) is 5.55. The summed E-state index contributed by atoms with van der Waals surface area (Å²) < 4.78 is 40.7. The molecule has 2 aliphatic rings. The van der Waals surface area contributed by atoms with E-state index in [0.717, 1.165) is 36.8 Å². The van der Waals surface area contributed by atoms with Gasteiger partial charge in [0.1, 0.15) is 12.1 Å². The fourth-order valence-electron chi connectivity index (χ4n) is 4.11. The minimum Gasteiger partial charge on any atom is -0.327 e. The van der Waals surface area contributed by atoms with E-state index in [0.29, 0.717) is 18.9 Å². The predicted molar refractivity (Wildman–Crippen MR) is 86.0 cm³/mol. The molecule has 1 aromatic heterocycles. The molecular formula is C18H19F3N4. The highest BCUT2D eigenvalue weighted by Crippen LogP contribution is 2.37. The first kappa shape index (κ1) is 16.5. The van der Waals surface area contributed by atoms with E-state index in [9.17, 15) is 13.2 Å². The van der Waals surface area contributed by atoms with Crippen LogP contribution in [0.4, 0.5) is 13.2 Å². The molecule has 7 heteroatoms. The molecule has 1 aromatic carbocycles. The van der Waals surface area contributed by atoms with E-state index in [1.807, 2.05) is 6.20 Å². The van der Waals surface area contributed by atoms with Crippen molar-refractivity contribution < 1.29 is 13.2 Å². The van der Waals surface area contributed by atoms with Crippen molar-refractivity contribution in [3.8, 4) is 0 Å². The van der Waals surface area contributed by atoms with Crippen molar-refractivity contribution in [1.29, 1.82) is 0 Å². The molecule has 1 fully saturated rings. The van der Waals surface area contributed by atoms with E-state index in [2.05, 4.69) is 14.9 Å². The van der Waals surface area contributed by atoms with Crippen LogP contribution in [0.15, 0.2) is 24.7 Å². The van der Waals surface area contributed by atoms with Crippen molar-refractivity contribution in [2.75, 3.05) is 0 Å². The molecule has 2 aromatic rings. The molecule has 0 spiro atoms. The first-order valence-corrected chi connectivity index (χ1v) is 8.44. The molecule has 4 nitrogen and oxygen atoms in total. The van der Waals surface area contributed by atoms with Gasteiger partial charge in [-0.15, -0.1) is 0 Å². The molecule has 1 unspecified atom stereocenters. The third-order valence-corrected chi connectivity index (χ3v) is 5.44. The lowest BCUT2D eigenvalue weighted by atomic mass is 9.77. The molecule has 0 radical (unpaired) electrons. The standard InChI is InChI=1S/C18H19F3N4/c19-14-5-16(21)15(20)4-13(14)12-2-1-11(3-17(12)22)25-7-10-6-23-9-24-18(10)8-25/h4-6,9,11-12,17H,1-3,7-8,22H2/t11-,12?,17-/m0/s1. The van der Waals surface area contributed by atoms with Crippen molar-refractivity contribution in [1.82, 2.24) is 14.9 Å². The van der Waals surface area contributed by atoms with E-state index < -0.39 is 17.5 Å². The SMILES string of the molecule is N[C@H]1C[C@@H](N2Cc3cncnc3C2)CCC1c1cc(F)c(F)cc1F. The first-order chi connectivity index (χ1) is 12.0. The van der Waals surface area contributed by atoms with Gasteiger partial charge in [0.2, 0.25) is 0 Å². The van der Waals surface area contributed by atoms with Gasteiger partial charge >= 0.3 is 0 Å². The van der Waals surface area contributed by atoms with Gasteiger partial charge in [-0.2, -0.15) is 0 Å². The minimum atomic E-state index is -1.17. The summed E-state index contributed by atoms with van der Waals surface area (Å²) in [5.41, 5.74) is 8.64. The van der Waals surface area contributed by atoms with Crippen LogP contribution in [0.25, 0.3) is 0 Å². The Morgan fingerprint density at radius 1 is 1.04 bits per heavy atom. The Morgan fingerprint density at radius 2 is 1.84 bits per heavy atom.